The van der Waals surface area contributed by atoms with Crippen molar-refractivity contribution in [2.24, 2.45) is 0 Å². The first kappa shape index (κ1) is 13.5. The molecule has 0 aromatic heterocycles. The van der Waals surface area contributed by atoms with Crippen molar-refractivity contribution in [3.05, 3.63) is 28.2 Å². The Labute approximate surface area is 101 Å². The van der Waals surface area contributed by atoms with Gasteiger partial charge in [0.05, 0.1) is 6.61 Å². The lowest BCUT2D eigenvalue weighted by Crippen LogP contribution is -2.09. The molecule has 6 heteroatoms. The van der Waals surface area contributed by atoms with Crippen molar-refractivity contribution in [3.63, 3.8) is 0 Å². The first-order valence-electron chi connectivity index (χ1n) is 4.52. The molecular weight excluding hydrogens is 264 g/mol. The highest BCUT2D eigenvalue weighted by Crippen LogP contribution is 2.25. The average molecular weight is 273 g/mol. The van der Waals surface area contributed by atoms with Crippen molar-refractivity contribution in [2.45, 2.75) is 19.0 Å². The molecule has 0 amide bonds. The summed E-state index contributed by atoms with van der Waals surface area (Å²) in [5, 5.41) is 0.775. The molecule has 0 bridgehead atoms. The molecule has 16 heavy (non-hydrogen) atoms. The second-order valence-corrected chi connectivity index (χ2v) is 4.05. The Kier molecular flexibility index (Phi) is 4.74. The van der Waals surface area contributed by atoms with Gasteiger partial charge in [0.25, 0.3) is 0 Å². The zero-order valence-electron chi connectivity index (χ0n) is 8.15. The zero-order chi connectivity index (χ0) is 12.2. The van der Waals surface area contributed by atoms with E-state index in [4.69, 9.17) is 27.9 Å². The van der Waals surface area contributed by atoms with Gasteiger partial charge in [0, 0.05) is 16.5 Å². The molecule has 1 nitrogen and oxygen atoms in total. The Hall–Kier alpha value is -0.610. The van der Waals surface area contributed by atoms with Crippen molar-refractivity contribution < 1.29 is 17.9 Å². The molecular formula is C10H9Cl2F3O. The topological polar surface area (TPSA) is 9.23 Å². The third kappa shape index (κ3) is 5.47. The molecule has 0 spiro atoms. The van der Waals surface area contributed by atoms with Crippen LogP contribution < -0.4 is 4.74 Å². The first-order valence-corrected chi connectivity index (χ1v) is 5.28. The van der Waals surface area contributed by atoms with Gasteiger partial charge >= 0.3 is 6.18 Å². The fourth-order valence-corrected chi connectivity index (χ4v) is 1.58. The van der Waals surface area contributed by atoms with Crippen LogP contribution >= 0.6 is 23.2 Å². The predicted octanol–water partition coefficient (Wildman–Crippen LogP) is 4.71. The molecule has 0 aliphatic rings. The summed E-state index contributed by atoms with van der Waals surface area (Å²) in [5.41, 5.74) is 0. The van der Waals surface area contributed by atoms with E-state index in [-0.39, 0.29) is 13.0 Å². The Morgan fingerprint density at radius 2 is 1.62 bits per heavy atom. The Bertz CT molecular complexity index is 332. The van der Waals surface area contributed by atoms with Crippen molar-refractivity contribution >= 4 is 23.2 Å². The maximum absolute atomic E-state index is 11.8. The second kappa shape index (κ2) is 5.64. The lowest BCUT2D eigenvalue weighted by Gasteiger charge is -2.08. The van der Waals surface area contributed by atoms with E-state index in [0.29, 0.717) is 15.8 Å². The molecule has 1 aromatic carbocycles. The molecule has 0 saturated heterocycles. The summed E-state index contributed by atoms with van der Waals surface area (Å²) in [6.45, 7) is -0.0177. The van der Waals surface area contributed by atoms with Gasteiger partial charge in [0.2, 0.25) is 0 Å². The molecule has 1 aromatic rings. The number of alkyl halides is 3. The number of benzene rings is 1. The van der Waals surface area contributed by atoms with Crippen LogP contribution in [0.5, 0.6) is 5.75 Å². The fraction of sp³-hybridized carbons (Fsp3) is 0.400. The molecule has 90 valence electrons. The third-order valence-corrected chi connectivity index (χ3v) is 2.15. The molecule has 0 heterocycles. The maximum atomic E-state index is 11.8. The molecule has 0 fully saturated rings. The summed E-state index contributed by atoms with van der Waals surface area (Å²) in [6, 6.07) is 4.52. The summed E-state index contributed by atoms with van der Waals surface area (Å²) < 4.78 is 40.5. The van der Waals surface area contributed by atoms with Crippen LogP contribution in [-0.4, -0.2) is 12.8 Å². The monoisotopic (exact) mass is 272 g/mol. The Balaban J connectivity index is 2.37. The average Bonchev–Trinajstić information content (AvgIpc) is 2.09. The van der Waals surface area contributed by atoms with Gasteiger partial charge in [-0.2, -0.15) is 13.2 Å². The summed E-state index contributed by atoms with van der Waals surface area (Å²) in [7, 11) is 0. The lowest BCUT2D eigenvalue weighted by molar-refractivity contribution is -0.136. The van der Waals surface area contributed by atoms with E-state index >= 15 is 0 Å². The number of hydrogen-bond acceptors (Lipinski definition) is 1. The summed E-state index contributed by atoms with van der Waals surface area (Å²) in [5.74, 6) is 0.375. The van der Waals surface area contributed by atoms with Crippen LogP contribution in [0.4, 0.5) is 13.2 Å². The van der Waals surface area contributed by atoms with Crippen LogP contribution in [0.15, 0.2) is 18.2 Å². The molecule has 0 aliphatic carbocycles. The standard InChI is InChI=1S/C10H9Cl2F3O/c11-7-4-8(12)6-9(5-7)16-3-1-2-10(13,14)15/h4-6H,1-3H2. The van der Waals surface area contributed by atoms with Crippen molar-refractivity contribution in [1.82, 2.24) is 0 Å². The number of ether oxygens (including phenoxy) is 1. The van der Waals surface area contributed by atoms with Crippen molar-refractivity contribution in [2.75, 3.05) is 6.61 Å². The number of halogens is 5. The van der Waals surface area contributed by atoms with Gasteiger partial charge < -0.3 is 4.74 Å². The van der Waals surface area contributed by atoms with E-state index in [2.05, 4.69) is 0 Å². The van der Waals surface area contributed by atoms with E-state index in [1.165, 1.54) is 18.2 Å². The molecule has 0 unspecified atom stereocenters. The van der Waals surface area contributed by atoms with Crippen LogP contribution in [0.25, 0.3) is 0 Å². The van der Waals surface area contributed by atoms with Gasteiger partial charge in [-0.25, -0.2) is 0 Å². The largest absolute Gasteiger partial charge is 0.493 e. The second-order valence-electron chi connectivity index (χ2n) is 3.17. The van der Waals surface area contributed by atoms with E-state index in [1.807, 2.05) is 0 Å². The molecule has 0 N–H and O–H groups in total. The maximum Gasteiger partial charge on any atom is 0.389 e. The van der Waals surface area contributed by atoms with Crippen LogP contribution in [-0.2, 0) is 0 Å². The smallest absolute Gasteiger partial charge is 0.389 e. The van der Waals surface area contributed by atoms with Gasteiger partial charge in [-0.05, 0) is 24.6 Å². The highest BCUT2D eigenvalue weighted by molar-refractivity contribution is 6.34. The van der Waals surface area contributed by atoms with Gasteiger partial charge in [-0.15, -0.1) is 0 Å². The minimum atomic E-state index is -4.14. The first-order chi connectivity index (χ1) is 7.37. The molecule has 0 radical (unpaired) electrons. The fourth-order valence-electron chi connectivity index (χ4n) is 1.07. The van der Waals surface area contributed by atoms with Gasteiger partial charge in [-0.1, -0.05) is 23.2 Å². The normalized spacial score (nSPS) is 11.6. The molecule has 1 rings (SSSR count). The third-order valence-electron chi connectivity index (χ3n) is 1.71. The van der Waals surface area contributed by atoms with Gasteiger partial charge in [0.15, 0.2) is 0 Å². The van der Waals surface area contributed by atoms with Crippen molar-refractivity contribution in [1.29, 1.82) is 0 Å². The Morgan fingerprint density at radius 3 is 2.12 bits per heavy atom. The van der Waals surface area contributed by atoms with Crippen LogP contribution in [0.3, 0.4) is 0 Å². The molecule has 0 atom stereocenters. The lowest BCUT2D eigenvalue weighted by atomic mass is 10.3. The summed E-state index contributed by atoms with van der Waals surface area (Å²) in [6.07, 6.45) is -5.09. The van der Waals surface area contributed by atoms with E-state index < -0.39 is 12.6 Å². The molecule has 0 aliphatic heterocycles. The zero-order valence-corrected chi connectivity index (χ0v) is 9.66. The number of rotatable bonds is 4. The van der Waals surface area contributed by atoms with E-state index in [0.717, 1.165) is 0 Å². The van der Waals surface area contributed by atoms with Crippen molar-refractivity contribution in [3.8, 4) is 5.75 Å². The molecule has 0 saturated carbocycles. The Morgan fingerprint density at radius 1 is 1.06 bits per heavy atom. The SMILES string of the molecule is FC(F)(F)CCCOc1cc(Cl)cc(Cl)c1. The predicted molar refractivity (Wildman–Crippen MR) is 57.2 cm³/mol. The summed E-state index contributed by atoms with van der Waals surface area (Å²) in [4.78, 5) is 0. The quantitative estimate of drug-likeness (QED) is 0.721. The van der Waals surface area contributed by atoms with Crippen LogP contribution in [0, 0.1) is 0 Å². The highest BCUT2D eigenvalue weighted by Gasteiger charge is 2.26. The van der Waals surface area contributed by atoms with Crippen LogP contribution in [0.1, 0.15) is 12.8 Å². The van der Waals surface area contributed by atoms with E-state index in [1.54, 1.807) is 0 Å². The van der Waals surface area contributed by atoms with E-state index in [9.17, 15) is 13.2 Å². The minimum Gasteiger partial charge on any atom is -0.493 e. The minimum absolute atomic E-state index is 0.0177. The highest BCUT2D eigenvalue weighted by atomic mass is 35.5. The van der Waals surface area contributed by atoms with Gasteiger partial charge in [0.1, 0.15) is 5.75 Å². The summed E-state index contributed by atoms with van der Waals surface area (Å²) >= 11 is 11.4. The van der Waals surface area contributed by atoms with Crippen LogP contribution in [0.2, 0.25) is 10.0 Å². The number of hydrogen-bond donors (Lipinski definition) is 0. The van der Waals surface area contributed by atoms with Gasteiger partial charge in [-0.3, -0.25) is 0 Å².